The molecule has 0 saturated heterocycles. The van der Waals surface area contributed by atoms with E-state index < -0.39 is 12.0 Å². The number of hydrogen-bond acceptors (Lipinski definition) is 4. The maximum atomic E-state index is 11.5. The van der Waals surface area contributed by atoms with Crippen molar-refractivity contribution in [1.29, 1.82) is 0 Å². The monoisotopic (exact) mass is 419 g/mol. The van der Waals surface area contributed by atoms with Gasteiger partial charge in [0.1, 0.15) is 17.5 Å². The largest absolute Gasteiger partial charge is 0.508 e. The fraction of sp³-hybridized carbons (Fsp3) is 0.269. The molecule has 31 heavy (non-hydrogen) atoms. The number of aryl methyl sites for hydroxylation is 3. The maximum absolute atomic E-state index is 11.5. The summed E-state index contributed by atoms with van der Waals surface area (Å²) in [5.74, 6) is -0.647. The van der Waals surface area contributed by atoms with E-state index in [1.165, 1.54) is 0 Å². The Morgan fingerprint density at radius 1 is 0.774 bits per heavy atom. The lowest BCUT2D eigenvalue weighted by Gasteiger charge is -2.19. The van der Waals surface area contributed by atoms with Crippen LogP contribution in [0.1, 0.15) is 44.5 Å². The second-order valence-electron chi connectivity index (χ2n) is 8.33. The van der Waals surface area contributed by atoms with Gasteiger partial charge in [-0.2, -0.15) is 0 Å². The minimum absolute atomic E-state index is 0.166. The molecule has 0 amide bonds. The normalized spacial score (nSPS) is 12.0. The molecule has 5 N–H and O–H groups in total. The SMILES string of the molecule is Cc1ccc(O)c(Cc2cc(C)cc(Cc3cc(C)ccc3O)c2C[C@H](N)C(=O)O)c1. The summed E-state index contributed by atoms with van der Waals surface area (Å²) in [5.41, 5.74) is 13.3. The summed E-state index contributed by atoms with van der Waals surface area (Å²) in [7, 11) is 0. The number of carboxylic acid groups (broad SMARTS) is 1. The molecule has 0 unspecified atom stereocenters. The summed E-state index contributed by atoms with van der Waals surface area (Å²) in [6, 6.07) is 13.9. The number of aromatic hydroxyl groups is 2. The van der Waals surface area contributed by atoms with Crippen LogP contribution in [0.3, 0.4) is 0 Å². The third-order valence-electron chi connectivity index (χ3n) is 5.55. The maximum Gasteiger partial charge on any atom is 0.320 e. The summed E-state index contributed by atoms with van der Waals surface area (Å²) in [4.78, 5) is 11.5. The summed E-state index contributed by atoms with van der Waals surface area (Å²) >= 11 is 0. The number of nitrogens with two attached hydrogens (primary N) is 1. The van der Waals surface area contributed by atoms with Gasteiger partial charge in [-0.05, 0) is 67.1 Å². The summed E-state index contributed by atoms with van der Waals surface area (Å²) < 4.78 is 0. The van der Waals surface area contributed by atoms with Crippen molar-refractivity contribution in [2.75, 3.05) is 0 Å². The third kappa shape index (κ3) is 5.44. The van der Waals surface area contributed by atoms with Crippen LogP contribution in [0.2, 0.25) is 0 Å². The molecule has 3 rings (SSSR count). The molecule has 0 bridgehead atoms. The van der Waals surface area contributed by atoms with Gasteiger partial charge in [0.25, 0.3) is 0 Å². The van der Waals surface area contributed by atoms with E-state index in [-0.39, 0.29) is 17.9 Å². The lowest BCUT2D eigenvalue weighted by molar-refractivity contribution is -0.138. The molecule has 0 radical (unpaired) electrons. The van der Waals surface area contributed by atoms with Crippen LogP contribution >= 0.6 is 0 Å². The number of phenols is 2. The molecule has 0 aliphatic rings. The number of carboxylic acids is 1. The van der Waals surface area contributed by atoms with Gasteiger partial charge in [-0.3, -0.25) is 4.79 Å². The molecular weight excluding hydrogens is 390 g/mol. The molecule has 162 valence electrons. The minimum Gasteiger partial charge on any atom is -0.508 e. The van der Waals surface area contributed by atoms with Gasteiger partial charge in [-0.25, -0.2) is 0 Å². The number of phenolic OH excluding ortho intramolecular Hbond substituents is 2. The van der Waals surface area contributed by atoms with Crippen molar-refractivity contribution in [3.63, 3.8) is 0 Å². The lowest BCUT2D eigenvalue weighted by atomic mass is 9.87. The second-order valence-corrected chi connectivity index (χ2v) is 8.33. The highest BCUT2D eigenvalue weighted by Crippen LogP contribution is 2.30. The van der Waals surface area contributed by atoms with Crippen molar-refractivity contribution in [2.24, 2.45) is 5.73 Å². The van der Waals surface area contributed by atoms with Crippen LogP contribution in [0.15, 0.2) is 48.5 Å². The Morgan fingerprint density at radius 3 is 1.61 bits per heavy atom. The van der Waals surface area contributed by atoms with Gasteiger partial charge in [0.2, 0.25) is 0 Å². The van der Waals surface area contributed by atoms with Crippen LogP contribution in [0.25, 0.3) is 0 Å². The van der Waals surface area contributed by atoms with E-state index in [1.54, 1.807) is 12.1 Å². The predicted molar refractivity (Wildman–Crippen MR) is 122 cm³/mol. The van der Waals surface area contributed by atoms with Gasteiger partial charge < -0.3 is 21.1 Å². The Hall–Kier alpha value is -3.31. The number of carbonyl (C=O) groups is 1. The Kier molecular flexibility index (Phi) is 6.66. The number of rotatable bonds is 7. The van der Waals surface area contributed by atoms with E-state index in [0.717, 1.165) is 44.5 Å². The number of benzene rings is 3. The zero-order valence-electron chi connectivity index (χ0n) is 18.1. The Balaban J connectivity index is 2.11. The Bertz CT molecular complexity index is 1050. The smallest absolute Gasteiger partial charge is 0.320 e. The van der Waals surface area contributed by atoms with Crippen LogP contribution in [0.4, 0.5) is 0 Å². The molecule has 3 aromatic carbocycles. The van der Waals surface area contributed by atoms with Crippen LogP contribution in [0.5, 0.6) is 11.5 Å². The van der Waals surface area contributed by atoms with Crippen molar-refractivity contribution in [1.82, 2.24) is 0 Å². The molecule has 0 aromatic heterocycles. The summed E-state index contributed by atoms with van der Waals surface area (Å²) in [6.07, 6.45) is 1.09. The summed E-state index contributed by atoms with van der Waals surface area (Å²) in [5, 5.41) is 30.1. The molecule has 5 nitrogen and oxygen atoms in total. The van der Waals surface area contributed by atoms with E-state index in [0.29, 0.717) is 12.8 Å². The fourth-order valence-electron chi connectivity index (χ4n) is 3.98. The predicted octanol–water partition coefficient (Wildman–Crippen LogP) is 4.16. The highest BCUT2D eigenvalue weighted by atomic mass is 16.4. The Labute approximate surface area is 182 Å². The molecule has 5 heteroatoms. The molecule has 0 heterocycles. The first kappa shape index (κ1) is 22.4. The summed E-state index contributed by atoms with van der Waals surface area (Å²) in [6.45, 7) is 5.92. The van der Waals surface area contributed by atoms with E-state index in [4.69, 9.17) is 5.73 Å². The Morgan fingerprint density at radius 2 is 1.19 bits per heavy atom. The van der Waals surface area contributed by atoms with Crippen LogP contribution in [0, 0.1) is 20.8 Å². The van der Waals surface area contributed by atoms with Gasteiger partial charge in [0.15, 0.2) is 0 Å². The standard InChI is InChI=1S/C26H29NO4/c1-15-4-6-24(28)20(8-15)12-18-10-17(3)11-19(22(18)14-23(27)26(30)31)13-21-9-16(2)5-7-25(21)29/h4-11,23,28-29H,12-14,27H2,1-3H3,(H,30,31)/t23-/m0/s1. The van der Waals surface area contributed by atoms with Crippen molar-refractivity contribution in [2.45, 2.75) is 46.1 Å². The van der Waals surface area contributed by atoms with E-state index in [2.05, 4.69) is 0 Å². The third-order valence-corrected chi connectivity index (χ3v) is 5.55. The van der Waals surface area contributed by atoms with Crippen molar-refractivity contribution >= 4 is 5.97 Å². The zero-order chi connectivity index (χ0) is 22.7. The lowest BCUT2D eigenvalue weighted by Crippen LogP contribution is -2.33. The van der Waals surface area contributed by atoms with Gasteiger partial charge in [0, 0.05) is 12.8 Å². The molecular formula is C26H29NO4. The highest BCUT2D eigenvalue weighted by Gasteiger charge is 2.20. The number of hydrogen-bond donors (Lipinski definition) is 4. The molecule has 1 atom stereocenters. The molecule has 0 saturated carbocycles. The average molecular weight is 420 g/mol. The van der Waals surface area contributed by atoms with Gasteiger partial charge >= 0.3 is 5.97 Å². The van der Waals surface area contributed by atoms with E-state index in [1.807, 2.05) is 57.2 Å². The zero-order valence-corrected chi connectivity index (χ0v) is 18.1. The first-order chi connectivity index (χ1) is 14.6. The van der Waals surface area contributed by atoms with Gasteiger partial charge in [-0.1, -0.05) is 53.1 Å². The van der Waals surface area contributed by atoms with Gasteiger partial charge in [-0.15, -0.1) is 0 Å². The molecule has 0 fully saturated rings. The fourth-order valence-corrected chi connectivity index (χ4v) is 3.98. The average Bonchev–Trinajstić information content (AvgIpc) is 2.69. The van der Waals surface area contributed by atoms with Crippen LogP contribution in [-0.2, 0) is 24.1 Å². The van der Waals surface area contributed by atoms with Gasteiger partial charge in [0.05, 0.1) is 0 Å². The highest BCUT2D eigenvalue weighted by molar-refractivity contribution is 5.73. The van der Waals surface area contributed by atoms with Crippen LogP contribution < -0.4 is 5.73 Å². The first-order valence-electron chi connectivity index (χ1n) is 10.3. The second kappa shape index (κ2) is 9.23. The molecule has 0 aliphatic carbocycles. The van der Waals surface area contributed by atoms with Crippen LogP contribution in [-0.4, -0.2) is 27.3 Å². The quantitative estimate of drug-likeness (QED) is 0.460. The van der Waals surface area contributed by atoms with Crippen molar-refractivity contribution < 1.29 is 20.1 Å². The van der Waals surface area contributed by atoms with E-state index >= 15 is 0 Å². The first-order valence-corrected chi connectivity index (χ1v) is 10.3. The minimum atomic E-state index is -1.06. The molecule has 3 aromatic rings. The molecule has 0 aliphatic heterocycles. The molecule has 0 spiro atoms. The van der Waals surface area contributed by atoms with Crippen molar-refractivity contribution in [3.8, 4) is 11.5 Å². The van der Waals surface area contributed by atoms with Crippen molar-refractivity contribution in [3.05, 3.63) is 93.0 Å². The topological polar surface area (TPSA) is 104 Å². The number of aliphatic carboxylic acids is 1. The van der Waals surface area contributed by atoms with E-state index in [9.17, 15) is 20.1 Å².